The summed E-state index contributed by atoms with van der Waals surface area (Å²) in [5.41, 5.74) is 0.910. The third-order valence-corrected chi connectivity index (χ3v) is 5.84. The van der Waals surface area contributed by atoms with E-state index < -0.39 is 0 Å². The molecule has 0 aliphatic heterocycles. The van der Waals surface area contributed by atoms with E-state index in [0.29, 0.717) is 27.8 Å². The van der Waals surface area contributed by atoms with E-state index in [1.807, 2.05) is 60.0 Å². The van der Waals surface area contributed by atoms with Crippen molar-refractivity contribution in [3.63, 3.8) is 0 Å². The van der Waals surface area contributed by atoms with E-state index in [1.165, 1.54) is 11.8 Å². The summed E-state index contributed by atoms with van der Waals surface area (Å²) < 4.78 is 7.79. The fourth-order valence-electron chi connectivity index (χ4n) is 2.77. The number of rotatable bonds is 8. The van der Waals surface area contributed by atoms with Crippen LogP contribution >= 0.6 is 23.4 Å². The average Bonchev–Trinajstić information content (AvgIpc) is 3.46. The Kier molecular flexibility index (Phi) is 6.06. The molecule has 150 valence electrons. The van der Waals surface area contributed by atoms with E-state index >= 15 is 0 Å². The summed E-state index contributed by atoms with van der Waals surface area (Å²) >= 11 is 7.57. The molecule has 1 aromatic heterocycles. The van der Waals surface area contributed by atoms with Crippen molar-refractivity contribution in [3.8, 4) is 11.4 Å². The minimum absolute atomic E-state index is 0.0222. The van der Waals surface area contributed by atoms with Crippen molar-refractivity contribution in [3.05, 3.63) is 65.4 Å². The van der Waals surface area contributed by atoms with Crippen LogP contribution in [0.1, 0.15) is 25.6 Å². The third-order valence-electron chi connectivity index (χ3n) is 4.48. The molecule has 1 aliphatic carbocycles. The van der Waals surface area contributed by atoms with Gasteiger partial charge in [0.25, 0.3) is 0 Å². The number of benzene rings is 2. The van der Waals surface area contributed by atoms with Gasteiger partial charge in [-0.05, 0) is 44.0 Å². The Morgan fingerprint density at radius 1 is 1.21 bits per heavy atom. The number of aromatic nitrogens is 3. The van der Waals surface area contributed by atoms with Crippen molar-refractivity contribution in [2.75, 3.05) is 0 Å². The van der Waals surface area contributed by atoms with E-state index in [9.17, 15) is 4.79 Å². The van der Waals surface area contributed by atoms with Crippen LogP contribution in [-0.4, -0.2) is 32.0 Å². The van der Waals surface area contributed by atoms with Crippen LogP contribution in [0.4, 0.5) is 0 Å². The van der Waals surface area contributed by atoms with Crippen molar-refractivity contribution in [1.29, 1.82) is 0 Å². The highest BCUT2D eigenvalue weighted by Gasteiger charge is 2.27. The number of halogens is 1. The van der Waals surface area contributed by atoms with Crippen LogP contribution in [-0.2, 0) is 11.4 Å². The van der Waals surface area contributed by atoms with Crippen molar-refractivity contribution in [1.82, 2.24) is 20.1 Å². The molecule has 1 aliphatic rings. The zero-order valence-electron chi connectivity index (χ0n) is 15.9. The summed E-state index contributed by atoms with van der Waals surface area (Å²) in [6.07, 6.45) is 2.12. The molecular formula is C21H21ClN4O2S. The average molecular weight is 429 g/mol. The Labute approximate surface area is 178 Å². The van der Waals surface area contributed by atoms with Crippen LogP contribution in [0.2, 0.25) is 5.02 Å². The number of thioether (sulfide) groups is 1. The molecule has 29 heavy (non-hydrogen) atoms. The van der Waals surface area contributed by atoms with Gasteiger partial charge in [-0.25, -0.2) is 0 Å². The Balaban J connectivity index is 1.56. The lowest BCUT2D eigenvalue weighted by Crippen LogP contribution is -2.32. The second-order valence-corrected chi connectivity index (χ2v) is 8.55. The Hall–Kier alpha value is -2.51. The molecule has 0 spiro atoms. The predicted molar refractivity (Wildman–Crippen MR) is 114 cm³/mol. The number of ether oxygens (including phenoxy) is 1. The first-order chi connectivity index (χ1) is 14.1. The van der Waals surface area contributed by atoms with E-state index in [1.54, 1.807) is 6.07 Å². The van der Waals surface area contributed by atoms with E-state index in [2.05, 4.69) is 15.5 Å². The predicted octanol–water partition coefficient (Wildman–Crippen LogP) is 4.26. The lowest BCUT2D eigenvalue weighted by molar-refractivity contribution is -0.120. The second-order valence-electron chi connectivity index (χ2n) is 6.83. The Morgan fingerprint density at radius 2 is 1.93 bits per heavy atom. The Bertz CT molecular complexity index is 991. The number of para-hydroxylation sites is 2. The first-order valence-corrected chi connectivity index (χ1v) is 10.7. The maximum Gasteiger partial charge on any atom is 0.233 e. The first-order valence-electron chi connectivity index (χ1n) is 9.46. The van der Waals surface area contributed by atoms with Gasteiger partial charge in [-0.3, -0.25) is 9.36 Å². The number of carbonyl (C=O) groups is 1. The molecule has 2 aromatic carbocycles. The molecule has 0 bridgehead atoms. The summed E-state index contributed by atoms with van der Waals surface area (Å²) in [5, 5.41) is 12.6. The SMILES string of the molecule is CC(Sc1nnc(COc2ccccc2Cl)n1-c1ccccc1)C(=O)NC1CC1. The van der Waals surface area contributed by atoms with Crippen molar-refractivity contribution < 1.29 is 9.53 Å². The van der Waals surface area contributed by atoms with E-state index in [4.69, 9.17) is 16.3 Å². The fourth-order valence-corrected chi connectivity index (χ4v) is 3.85. The minimum atomic E-state index is -0.278. The van der Waals surface area contributed by atoms with Gasteiger partial charge in [0.05, 0.1) is 10.3 Å². The molecule has 0 radical (unpaired) electrons. The molecular weight excluding hydrogens is 408 g/mol. The summed E-state index contributed by atoms with van der Waals surface area (Å²) in [6, 6.07) is 17.4. The highest BCUT2D eigenvalue weighted by Crippen LogP contribution is 2.29. The molecule has 4 rings (SSSR count). The molecule has 3 aromatic rings. The lowest BCUT2D eigenvalue weighted by atomic mass is 10.3. The number of amides is 1. The summed E-state index contributed by atoms with van der Waals surface area (Å²) in [7, 11) is 0. The van der Waals surface area contributed by atoms with Gasteiger partial charge in [-0.2, -0.15) is 0 Å². The molecule has 6 nitrogen and oxygen atoms in total. The van der Waals surface area contributed by atoms with Gasteiger partial charge in [0.2, 0.25) is 5.91 Å². The van der Waals surface area contributed by atoms with Crippen molar-refractivity contribution in [2.24, 2.45) is 0 Å². The molecule has 1 atom stereocenters. The summed E-state index contributed by atoms with van der Waals surface area (Å²) in [5.74, 6) is 1.24. The second kappa shape index (κ2) is 8.88. The number of nitrogens with one attached hydrogen (secondary N) is 1. The van der Waals surface area contributed by atoms with Gasteiger partial charge in [0, 0.05) is 11.7 Å². The summed E-state index contributed by atoms with van der Waals surface area (Å²) in [6.45, 7) is 2.08. The molecule has 0 saturated heterocycles. The van der Waals surface area contributed by atoms with E-state index in [-0.39, 0.29) is 17.8 Å². The standard InChI is InChI=1S/C21H21ClN4O2S/c1-14(20(27)23-15-11-12-15)29-21-25-24-19(26(21)16-7-3-2-4-8-16)13-28-18-10-6-5-9-17(18)22/h2-10,14-15H,11-13H2,1H3,(H,23,27). The van der Waals surface area contributed by atoms with Crippen LogP contribution in [0.15, 0.2) is 59.8 Å². The smallest absolute Gasteiger partial charge is 0.233 e. The van der Waals surface area contributed by atoms with Gasteiger partial charge in [0.1, 0.15) is 12.4 Å². The fraction of sp³-hybridized carbons (Fsp3) is 0.286. The summed E-state index contributed by atoms with van der Waals surface area (Å²) in [4.78, 5) is 12.4. The Morgan fingerprint density at radius 3 is 2.66 bits per heavy atom. The van der Waals surface area contributed by atoms with Crippen molar-refractivity contribution >= 4 is 29.3 Å². The van der Waals surface area contributed by atoms with E-state index in [0.717, 1.165) is 18.5 Å². The molecule has 1 fully saturated rings. The number of nitrogens with zero attached hydrogens (tertiary/aromatic N) is 3. The monoisotopic (exact) mass is 428 g/mol. The van der Waals surface area contributed by atoms with Crippen LogP contribution in [0.25, 0.3) is 5.69 Å². The molecule has 1 heterocycles. The van der Waals surface area contributed by atoms with Gasteiger partial charge < -0.3 is 10.1 Å². The van der Waals surface area contributed by atoms with Crippen molar-refractivity contribution in [2.45, 2.75) is 42.8 Å². The molecule has 1 saturated carbocycles. The van der Waals surface area contributed by atoms with Gasteiger partial charge >= 0.3 is 0 Å². The molecule has 8 heteroatoms. The van der Waals surface area contributed by atoms with Gasteiger partial charge in [-0.15, -0.1) is 10.2 Å². The topological polar surface area (TPSA) is 69.0 Å². The largest absolute Gasteiger partial charge is 0.484 e. The van der Waals surface area contributed by atoms with Gasteiger partial charge in [-0.1, -0.05) is 53.7 Å². The molecule has 1 unspecified atom stereocenters. The highest BCUT2D eigenvalue weighted by molar-refractivity contribution is 8.00. The van der Waals surface area contributed by atoms with Crippen LogP contribution in [0, 0.1) is 0 Å². The highest BCUT2D eigenvalue weighted by atomic mass is 35.5. The van der Waals surface area contributed by atoms with Crippen LogP contribution in [0.5, 0.6) is 5.75 Å². The quantitative estimate of drug-likeness (QED) is 0.543. The molecule has 1 amide bonds. The first kappa shape index (κ1) is 19.8. The van der Waals surface area contributed by atoms with Gasteiger partial charge in [0.15, 0.2) is 11.0 Å². The maximum absolute atomic E-state index is 12.4. The third kappa shape index (κ3) is 4.92. The number of carbonyl (C=O) groups excluding carboxylic acids is 1. The zero-order valence-corrected chi connectivity index (χ0v) is 17.5. The minimum Gasteiger partial charge on any atom is -0.484 e. The number of hydrogen-bond acceptors (Lipinski definition) is 5. The lowest BCUT2D eigenvalue weighted by Gasteiger charge is -2.14. The van der Waals surface area contributed by atoms with Crippen LogP contribution in [0.3, 0.4) is 0 Å². The van der Waals surface area contributed by atoms with Crippen LogP contribution < -0.4 is 10.1 Å². The number of hydrogen-bond donors (Lipinski definition) is 1. The normalized spacial score (nSPS) is 14.4. The molecule has 1 N–H and O–H groups in total. The maximum atomic E-state index is 12.4. The zero-order chi connectivity index (χ0) is 20.2.